The van der Waals surface area contributed by atoms with Crippen molar-refractivity contribution in [1.29, 1.82) is 0 Å². The summed E-state index contributed by atoms with van der Waals surface area (Å²) in [6.07, 6.45) is 3.90. The van der Waals surface area contributed by atoms with E-state index in [1.807, 2.05) is 18.2 Å². The maximum Gasteiger partial charge on any atom is 0.221 e. The van der Waals surface area contributed by atoms with Crippen molar-refractivity contribution in [1.82, 2.24) is 5.32 Å². The highest BCUT2D eigenvalue weighted by Gasteiger charge is 2.20. The summed E-state index contributed by atoms with van der Waals surface area (Å²) in [5.41, 5.74) is 2.69. The normalized spacial score (nSPS) is 16.8. The second-order valence-electron chi connectivity index (χ2n) is 5.62. The molecule has 2 aromatic rings. The fourth-order valence-corrected chi connectivity index (χ4v) is 3.82. The van der Waals surface area contributed by atoms with E-state index in [9.17, 15) is 4.79 Å². The molecule has 2 aromatic carbocycles. The predicted octanol–water partition coefficient (Wildman–Crippen LogP) is 4.36. The summed E-state index contributed by atoms with van der Waals surface area (Å²) in [7, 11) is 0. The SMILES string of the molecule is O=C(CCSc1ccccc1)NC1CCCc2ccccc21. The number of rotatable bonds is 5. The minimum Gasteiger partial charge on any atom is -0.349 e. The van der Waals surface area contributed by atoms with E-state index in [1.54, 1.807) is 11.8 Å². The Morgan fingerprint density at radius 1 is 1.09 bits per heavy atom. The Morgan fingerprint density at radius 2 is 1.86 bits per heavy atom. The number of fused-ring (bicyclic) bond motifs is 1. The number of benzene rings is 2. The van der Waals surface area contributed by atoms with Crippen LogP contribution < -0.4 is 5.32 Å². The Balaban J connectivity index is 1.50. The Hall–Kier alpha value is -1.74. The lowest BCUT2D eigenvalue weighted by Gasteiger charge is -2.26. The van der Waals surface area contributed by atoms with Crippen molar-refractivity contribution in [3.05, 3.63) is 65.7 Å². The zero-order valence-electron chi connectivity index (χ0n) is 12.6. The van der Waals surface area contributed by atoms with Gasteiger partial charge >= 0.3 is 0 Å². The van der Waals surface area contributed by atoms with Crippen LogP contribution in [0.25, 0.3) is 0 Å². The van der Waals surface area contributed by atoms with Crippen LogP contribution in [-0.2, 0) is 11.2 Å². The Morgan fingerprint density at radius 3 is 2.73 bits per heavy atom. The largest absolute Gasteiger partial charge is 0.349 e. The third-order valence-corrected chi connectivity index (χ3v) is 5.06. The van der Waals surface area contributed by atoms with Gasteiger partial charge in [0.05, 0.1) is 6.04 Å². The summed E-state index contributed by atoms with van der Waals surface area (Å²) in [6, 6.07) is 18.9. The van der Waals surface area contributed by atoms with Gasteiger partial charge in [0, 0.05) is 17.1 Å². The molecule has 3 heteroatoms. The number of nitrogens with one attached hydrogen (secondary N) is 1. The van der Waals surface area contributed by atoms with Crippen molar-refractivity contribution >= 4 is 17.7 Å². The quantitative estimate of drug-likeness (QED) is 0.831. The topological polar surface area (TPSA) is 29.1 Å². The number of thioether (sulfide) groups is 1. The molecule has 0 saturated carbocycles. The minimum absolute atomic E-state index is 0.158. The molecular weight excluding hydrogens is 290 g/mol. The molecule has 0 radical (unpaired) electrons. The summed E-state index contributed by atoms with van der Waals surface area (Å²) in [6.45, 7) is 0. The van der Waals surface area contributed by atoms with Gasteiger partial charge in [-0.3, -0.25) is 4.79 Å². The lowest BCUT2D eigenvalue weighted by molar-refractivity contribution is -0.121. The zero-order chi connectivity index (χ0) is 15.2. The zero-order valence-corrected chi connectivity index (χ0v) is 13.4. The van der Waals surface area contributed by atoms with Crippen molar-refractivity contribution in [2.45, 2.75) is 36.6 Å². The van der Waals surface area contributed by atoms with Gasteiger partial charge in [-0.2, -0.15) is 0 Å². The first-order chi connectivity index (χ1) is 10.8. The highest BCUT2D eigenvalue weighted by Crippen LogP contribution is 2.29. The summed E-state index contributed by atoms with van der Waals surface area (Å²) in [5, 5.41) is 3.21. The number of hydrogen-bond acceptors (Lipinski definition) is 2. The van der Waals surface area contributed by atoms with Gasteiger partial charge in [-0.05, 0) is 42.5 Å². The molecule has 0 aromatic heterocycles. The molecule has 1 aliphatic rings. The maximum absolute atomic E-state index is 12.2. The van der Waals surface area contributed by atoms with E-state index in [0.29, 0.717) is 6.42 Å². The van der Waals surface area contributed by atoms with Gasteiger partial charge in [0.2, 0.25) is 5.91 Å². The average molecular weight is 311 g/mol. The third kappa shape index (κ3) is 3.92. The molecule has 2 nitrogen and oxygen atoms in total. The van der Waals surface area contributed by atoms with E-state index in [4.69, 9.17) is 0 Å². The summed E-state index contributed by atoms with van der Waals surface area (Å²) < 4.78 is 0. The number of amides is 1. The van der Waals surface area contributed by atoms with Gasteiger partial charge in [0.25, 0.3) is 0 Å². The van der Waals surface area contributed by atoms with E-state index in [0.717, 1.165) is 25.0 Å². The molecule has 0 aliphatic heterocycles. The smallest absolute Gasteiger partial charge is 0.221 e. The first kappa shape index (κ1) is 15.2. The molecule has 22 heavy (non-hydrogen) atoms. The summed E-state index contributed by atoms with van der Waals surface area (Å²) >= 11 is 1.74. The molecule has 0 saturated heterocycles. The molecule has 1 amide bonds. The van der Waals surface area contributed by atoms with Crippen LogP contribution >= 0.6 is 11.8 Å². The van der Waals surface area contributed by atoms with Crippen molar-refractivity contribution in [3.8, 4) is 0 Å². The predicted molar refractivity (Wildman–Crippen MR) is 92.0 cm³/mol. The Bertz CT molecular complexity index is 626. The first-order valence-electron chi connectivity index (χ1n) is 7.88. The highest BCUT2D eigenvalue weighted by atomic mass is 32.2. The second kappa shape index (κ2) is 7.50. The van der Waals surface area contributed by atoms with Gasteiger partial charge in [-0.25, -0.2) is 0 Å². The fourth-order valence-electron chi connectivity index (χ4n) is 2.95. The van der Waals surface area contributed by atoms with Crippen molar-refractivity contribution in [2.75, 3.05) is 5.75 Å². The molecule has 1 atom stereocenters. The van der Waals surface area contributed by atoms with E-state index in [-0.39, 0.29) is 11.9 Å². The van der Waals surface area contributed by atoms with Gasteiger partial charge in [-0.1, -0.05) is 42.5 Å². The number of carbonyl (C=O) groups excluding carboxylic acids is 1. The lowest BCUT2D eigenvalue weighted by atomic mass is 9.88. The molecule has 1 N–H and O–H groups in total. The molecule has 0 bridgehead atoms. The summed E-state index contributed by atoms with van der Waals surface area (Å²) in [5.74, 6) is 0.981. The molecule has 114 valence electrons. The molecule has 0 spiro atoms. The average Bonchev–Trinajstić information content (AvgIpc) is 2.56. The van der Waals surface area contributed by atoms with E-state index in [2.05, 4.69) is 41.7 Å². The van der Waals surface area contributed by atoms with Crippen LogP contribution in [-0.4, -0.2) is 11.7 Å². The second-order valence-corrected chi connectivity index (χ2v) is 6.79. The number of hydrogen-bond donors (Lipinski definition) is 1. The first-order valence-corrected chi connectivity index (χ1v) is 8.86. The van der Waals surface area contributed by atoms with Crippen LogP contribution in [0.3, 0.4) is 0 Å². The maximum atomic E-state index is 12.2. The number of carbonyl (C=O) groups is 1. The lowest BCUT2D eigenvalue weighted by Crippen LogP contribution is -2.31. The van der Waals surface area contributed by atoms with Crippen LogP contribution in [0.1, 0.15) is 36.4 Å². The highest BCUT2D eigenvalue weighted by molar-refractivity contribution is 7.99. The molecule has 3 rings (SSSR count). The van der Waals surface area contributed by atoms with Crippen molar-refractivity contribution in [3.63, 3.8) is 0 Å². The summed E-state index contributed by atoms with van der Waals surface area (Å²) in [4.78, 5) is 13.4. The van der Waals surface area contributed by atoms with E-state index >= 15 is 0 Å². The minimum atomic E-state index is 0.158. The van der Waals surface area contributed by atoms with E-state index < -0.39 is 0 Å². The monoisotopic (exact) mass is 311 g/mol. The molecule has 1 aliphatic carbocycles. The third-order valence-electron chi connectivity index (χ3n) is 4.05. The van der Waals surface area contributed by atoms with Crippen LogP contribution in [0, 0.1) is 0 Å². The van der Waals surface area contributed by atoms with Crippen LogP contribution in [0.15, 0.2) is 59.5 Å². The molecule has 0 heterocycles. The van der Waals surface area contributed by atoms with Gasteiger partial charge in [-0.15, -0.1) is 11.8 Å². The Kier molecular flexibility index (Phi) is 5.17. The van der Waals surface area contributed by atoms with Gasteiger partial charge < -0.3 is 5.32 Å². The van der Waals surface area contributed by atoms with Crippen molar-refractivity contribution < 1.29 is 4.79 Å². The van der Waals surface area contributed by atoms with Crippen LogP contribution in [0.2, 0.25) is 0 Å². The van der Waals surface area contributed by atoms with Crippen LogP contribution in [0.5, 0.6) is 0 Å². The van der Waals surface area contributed by atoms with Gasteiger partial charge in [0.1, 0.15) is 0 Å². The standard InChI is InChI=1S/C19H21NOS/c21-19(13-14-22-16-9-2-1-3-10-16)20-18-12-6-8-15-7-4-5-11-17(15)18/h1-5,7,9-11,18H,6,8,12-14H2,(H,20,21). The fraction of sp³-hybridized carbons (Fsp3) is 0.316. The van der Waals surface area contributed by atoms with Gasteiger partial charge in [0.15, 0.2) is 0 Å². The van der Waals surface area contributed by atoms with E-state index in [1.165, 1.54) is 16.0 Å². The van der Waals surface area contributed by atoms with Crippen molar-refractivity contribution in [2.24, 2.45) is 0 Å². The molecule has 1 unspecified atom stereocenters. The molecule has 0 fully saturated rings. The molecular formula is C19H21NOS. The van der Waals surface area contributed by atoms with Crippen LogP contribution in [0.4, 0.5) is 0 Å². The Labute approximate surface area is 136 Å². The number of aryl methyl sites for hydroxylation is 1.